The molecule has 1 N–H and O–H groups in total. The minimum Gasteiger partial charge on any atom is -0.478 e. The number of carboxylic acid groups (broad SMARTS) is 1. The second-order valence-corrected chi connectivity index (χ2v) is 4.07. The van der Waals surface area contributed by atoms with E-state index in [0.29, 0.717) is 11.1 Å². The van der Waals surface area contributed by atoms with Gasteiger partial charge in [0.05, 0.1) is 12.2 Å². The third-order valence-corrected chi connectivity index (χ3v) is 2.81. The largest absolute Gasteiger partial charge is 0.478 e. The Kier molecular flexibility index (Phi) is 4.12. The number of hydrogen-bond donors (Lipinski definition) is 1. The minimum absolute atomic E-state index is 0.189. The Balaban J connectivity index is 1.96. The second-order valence-electron chi connectivity index (χ2n) is 4.07. The molecule has 4 heteroatoms. The quantitative estimate of drug-likeness (QED) is 0.872. The summed E-state index contributed by atoms with van der Waals surface area (Å²) in [5, 5.41) is 9.02. The summed E-state index contributed by atoms with van der Waals surface area (Å²) in [6.45, 7) is 1.01. The monoisotopic (exact) mass is 236 g/mol. The van der Waals surface area contributed by atoms with E-state index in [9.17, 15) is 4.79 Å². The Labute approximate surface area is 100 Å². The molecule has 0 saturated carbocycles. The minimum atomic E-state index is -0.922. The van der Waals surface area contributed by atoms with Crippen LogP contribution in [0.4, 0.5) is 0 Å². The third kappa shape index (κ3) is 3.28. The molecule has 0 amide bonds. The van der Waals surface area contributed by atoms with Crippen molar-refractivity contribution in [2.24, 2.45) is 0 Å². The van der Waals surface area contributed by atoms with E-state index >= 15 is 0 Å². The fourth-order valence-electron chi connectivity index (χ4n) is 1.88. The van der Waals surface area contributed by atoms with Crippen LogP contribution in [-0.2, 0) is 16.1 Å². The lowest BCUT2D eigenvalue weighted by Crippen LogP contribution is -2.22. The Morgan fingerprint density at radius 3 is 2.94 bits per heavy atom. The van der Waals surface area contributed by atoms with Crippen LogP contribution < -0.4 is 0 Å². The number of benzene rings is 1. The molecule has 92 valence electrons. The molecule has 0 spiro atoms. The lowest BCUT2D eigenvalue weighted by atomic mass is 10.1. The fourth-order valence-corrected chi connectivity index (χ4v) is 1.88. The van der Waals surface area contributed by atoms with Gasteiger partial charge in [0, 0.05) is 6.61 Å². The van der Waals surface area contributed by atoms with Gasteiger partial charge in [0.15, 0.2) is 6.29 Å². The molecule has 1 heterocycles. The van der Waals surface area contributed by atoms with E-state index in [1.54, 1.807) is 18.2 Å². The molecular formula is C13H16O4. The standard InChI is InChI=1S/C13H16O4/c14-13(15)11-6-2-1-5-10(11)9-17-12-7-3-4-8-16-12/h1-2,5-6,12H,3-4,7-9H2,(H,14,15). The van der Waals surface area contributed by atoms with Crippen LogP contribution in [-0.4, -0.2) is 24.0 Å². The van der Waals surface area contributed by atoms with Crippen LogP contribution in [0.15, 0.2) is 24.3 Å². The van der Waals surface area contributed by atoms with Gasteiger partial charge in [-0.2, -0.15) is 0 Å². The van der Waals surface area contributed by atoms with Gasteiger partial charge < -0.3 is 14.6 Å². The van der Waals surface area contributed by atoms with E-state index in [0.717, 1.165) is 25.9 Å². The zero-order chi connectivity index (χ0) is 12.1. The molecule has 0 aromatic heterocycles. The molecule has 1 aromatic carbocycles. The molecule has 1 atom stereocenters. The second kappa shape index (κ2) is 5.80. The van der Waals surface area contributed by atoms with Crippen molar-refractivity contribution in [3.63, 3.8) is 0 Å². The zero-order valence-electron chi connectivity index (χ0n) is 9.59. The van der Waals surface area contributed by atoms with Gasteiger partial charge in [0.1, 0.15) is 0 Å². The molecule has 2 rings (SSSR count). The van der Waals surface area contributed by atoms with Gasteiger partial charge in [-0.25, -0.2) is 4.79 Å². The molecule has 0 radical (unpaired) electrons. The summed E-state index contributed by atoms with van der Waals surface area (Å²) in [5.74, 6) is -0.922. The number of carbonyl (C=O) groups is 1. The summed E-state index contributed by atoms with van der Waals surface area (Å²) in [4.78, 5) is 11.0. The van der Waals surface area contributed by atoms with Crippen LogP contribution in [0.1, 0.15) is 35.2 Å². The van der Waals surface area contributed by atoms with Crippen molar-refractivity contribution in [3.8, 4) is 0 Å². The molecule has 1 aliphatic heterocycles. The van der Waals surface area contributed by atoms with Crippen molar-refractivity contribution in [1.82, 2.24) is 0 Å². The van der Waals surface area contributed by atoms with Gasteiger partial charge in [-0.1, -0.05) is 18.2 Å². The van der Waals surface area contributed by atoms with Crippen LogP contribution in [0.5, 0.6) is 0 Å². The summed E-state index contributed by atoms with van der Waals surface area (Å²) in [5.41, 5.74) is 0.984. The van der Waals surface area contributed by atoms with Crippen LogP contribution in [0, 0.1) is 0 Å². The molecule has 1 fully saturated rings. The Morgan fingerprint density at radius 2 is 2.24 bits per heavy atom. The predicted octanol–water partition coefficient (Wildman–Crippen LogP) is 2.43. The number of rotatable bonds is 4. The molecule has 1 unspecified atom stereocenters. The normalized spacial score (nSPS) is 20.1. The van der Waals surface area contributed by atoms with Crippen molar-refractivity contribution in [2.75, 3.05) is 6.61 Å². The van der Waals surface area contributed by atoms with Crippen LogP contribution >= 0.6 is 0 Å². The number of ether oxygens (including phenoxy) is 2. The number of aromatic carboxylic acids is 1. The van der Waals surface area contributed by atoms with E-state index < -0.39 is 5.97 Å². The van der Waals surface area contributed by atoms with Crippen molar-refractivity contribution in [3.05, 3.63) is 35.4 Å². The van der Waals surface area contributed by atoms with Crippen molar-refractivity contribution < 1.29 is 19.4 Å². The van der Waals surface area contributed by atoms with E-state index in [1.807, 2.05) is 6.07 Å². The average Bonchev–Trinajstić information content (AvgIpc) is 2.38. The van der Waals surface area contributed by atoms with Gasteiger partial charge in [0.2, 0.25) is 0 Å². The highest BCUT2D eigenvalue weighted by Gasteiger charge is 2.15. The van der Waals surface area contributed by atoms with Crippen LogP contribution in [0.2, 0.25) is 0 Å². The summed E-state index contributed by atoms with van der Waals surface area (Å²) < 4.78 is 11.0. The molecule has 17 heavy (non-hydrogen) atoms. The predicted molar refractivity (Wildman–Crippen MR) is 61.8 cm³/mol. The smallest absolute Gasteiger partial charge is 0.336 e. The fraction of sp³-hybridized carbons (Fsp3) is 0.462. The van der Waals surface area contributed by atoms with Gasteiger partial charge >= 0.3 is 5.97 Å². The number of carboxylic acids is 1. The first-order valence-corrected chi connectivity index (χ1v) is 5.82. The lowest BCUT2D eigenvalue weighted by Gasteiger charge is -2.22. The molecule has 1 aromatic rings. The third-order valence-electron chi connectivity index (χ3n) is 2.81. The summed E-state index contributed by atoms with van der Waals surface area (Å²) in [6, 6.07) is 6.88. The van der Waals surface area contributed by atoms with Crippen LogP contribution in [0.3, 0.4) is 0 Å². The zero-order valence-corrected chi connectivity index (χ0v) is 9.59. The molecule has 4 nitrogen and oxygen atoms in total. The molecule has 1 aliphatic rings. The topological polar surface area (TPSA) is 55.8 Å². The number of hydrogen-bond acceptors (Lipinski definition) is 3. The average molecular weight is 236 g/mol. The van der Waals surface area contributed by atoms with Gasteiger partial charge in [-0.05, 0) is 30.9 Å². The highest BCUT2D eigenvalue weighted by Crippen LogP contribution is 2.17. The Hall–Kier alpha value is -1.39. The molecule has 1 saturated heterocycles. The summed E-state index contributed by atoms with van der Waals surface area (Å²) in [6.07, 6.45) is 2.87. The van der Waals surface area contributed by atoms with E-state index in [2.05, 4.69) is 0 Å². The van der Waals surface area contributed by atoms with Gasteiger partial charge in [-0.3, -0.25) is 0 Å². The summed E-state index contributed by atoms with van der Waals surface area (Å²) in [7, 11) is 0. The lowest BCUT2D eigenvalue weighted by molar-refractivity contribution is -0.169. The van der Waals surface area contributed by atoms with E-state index in [1.165, 1.54) is 0 Å². The van der Waals surface area contributed by atoms with Gasteiger partial charge in [-0.15, -0.1) is 0 Å². The van der Waals surface area contributed by atoms with Crippen molar-refractivity contribution in [2.45, 2.75) is 32.2 Å². The van der Waals surface area contributed by atoms with Gasteiger partial charge in [0.25, 0.3) is 0 Å². The Morgan fingerprint density at radius 1 is 1.41 bits per heavy atom. The maximum Gasteiger partial charge on any atom is 0.336 e. The molecule has 0 aliphatic carbocycles. The highest BCUT2D eigenvalue weighted by molar-refractivity contribution is 5.89. The van der Waals surface area contributed by atoms with Crippen molar-refractivity contribution in [1.29, 1.82) is 0 Å². The maximum absolute atomic E-state index is 11.0. The maximum atomic E-state index is 11.0. The molecule has 0 bridgehead atoms. The van der Waals surface area contributed by atoms with Crippen molar-refractivity contribution >= 4 is 5.97 Å². The highest BCUT2D eigenvalue weighted by atomic mass is 16.7. The van der Waals surface area contributed by atoms with E-state index in [-0.39, 0.29) is 12.9 Å². The molecular weight excluding hydrogens is 220 g/mol. The van der Waals surface area contributed by atoms with Crippen LogP contribution in [0.25, 0.3) is 0 Å². The first-order valence-electron chi connectivity index (χ1n) is 5.82. The Bertz CT molecular complexity index is 383. The first kappa shape index (κ1) is 12.1. The summed E-state index contributed by atoms with van der Waals surface area (Å²) >= 11 is 0. The first-order chi connectivity index (χ1) is 8.27. The van der Waals surface area contributed by atoms with E-state index in [4.69, 9.17) is 14.6 Å². The SMILES string of the molecule is O=C(O)c1ccccc1COC1CCCCO1.